The van der Waals surface area contributed by atoms with E-state index in [1.165, 1.54) is 6.07 Å². The molecule has 1 heterocycles. The molecule has 6 nitrogen and oxygen atoms in total. The highest BCUT2D eigenvalue weighted by molar-refractivity contribution is 6.01. The van der Waals surface area contributed by atoms with E-state index in [1.807, 2.05) is 0 Å². The summed E-state index contributed by atoms with van der Waals surface area (Å²) in [7, 11) is 0. The Morgan fingerprint density at radius 2 is 1.96 bits per heavy atom. The van der Waals surface area contributed by atoms with Crippen LogP contribution in [0, 0.1) is 5.82 Å². The highest BCUT2D eigenvalue weighted by Crippen LogP contribution is 2.29. The number of carbonyl (C=O) groups is 2. The van der Waals surface area contributed by atoms with Crippen molar-refractivity contribution in [1.29, 1.82) is 0 Å². The van der Waals surface area contributed by atoms with Crippen LogP contribution in [0.4, 0.5) is 14.9 Å². The lowest BCUT2D eigenvalue weighted by atomic mass is 10.2. The summed E-state index contributed by atoms with van der Waals surface area (Å²) in [6.07, 6.45) is -0.733. The average Bonchev–Trinajstić information content (AvgIpc) is 2.80. The van der Waals surface area contributed by atoms with Gasteiger partial charge in [0.05, 0.1) is 12.3 Å². The van der Waals surface area contributed by atoms with Crippen molar-refractivity contribution in [3.63, 3.8) is 0 Å². The molecular formula is C16H18FNO5. The van der Waals surface area contributed by atoms with Crippen molar-refractivity contribution in [1.82, 2.24) is 0 Å². The van der Waals surface area contributed by atoms with Gasteiger partial charge >= 0.3 is 12.1 Å². The van der Waals surface area contributed by atoms with E-state index < -0.39 is 23.5 Å². The predicted molar refractivity (Wildman–Crippen MR) is 82.0 cm³/mol. The summed E-state index contributed by atoms with van der Waals surface area (Å²) in [6, 6.07) is 3.63. The lowest BCUT2D eigenvalue weighted by Gasteiger charge is -2.19. The molecular weight excluding hydrogens is 305 g/mol. The maximum atomic E-state index is 13.7. The largest absolute Gasteiger partial charge is 0.460 e. The Labute approximate surface area is 132 Å². The predicted octanol–water partition coefficient (Wildman–Crippen LogP) is 4.10. The van der Waals surface area contributed by atoms with Gasteiger partial charge in [-0.15, -0.1) is 0 Å². The van der Waals surface area contributed by atoms with Crippen molar-refractivity contribution in [2.45, 2.75) is 33.3 Å². The molecule has 0 fully saturated rings. The zero-order chi connectivity index (χ0) is 17.2. The Kier molecular flexibility index (Phi) is 4.58. The first-order valence-electron chi connectivity index (χ1n) is 7.10. The van der Waals surface area contributed by atoms with Gasteiger partial charge in [0, 0.05) is 17.5 Å². The van der Waals surface area contributed by atoms with Gasteiger partial charge in [0.25, 0.3) is 0 Å². The normalized spacial score (nSPS) is 11.3. The Morgan fingerprint density at radius 1 is 1.26 bits per heavy atom. The lowest BCUT2D eigenvalue weighted by Crippen LogP contribution is -2.27. The average molecular weight is 323 g/mol. The van der Waals surface area contributed by atoms with Crippen molar-refractivity contribution in [3.05, 3.63) is 29.8 Å². The number of rotatable bonds is 3. The molecule has 0 aliphatic heterocycles. The number of anilines is 1. The smallest absolute Gasteiger partial charge is 0.412 e. The lowest BCUT2D eigenvalue weighted by molar-refractivity contribution is 0.0492. The molecule has 0 spiro atoms. The molecule has 0 radical (unpaired) electrons. The van der Waals surface area contributed by atoms with E-state index in [4.69, 9.17) is 13.9 Å². The van der Waals surface area contributed by atoms with Gasteiger partial charge < -0.3 is 13.9 Å². The van der Waals surface area contributed by atoms with Gasteiger partial charge in [-0.2, -0.15) is 0 Å². The second-order valence-electron chi connectivity index (χ2n) is 5.82. The minimum absolute atomic E-state index is 0.0697. The summed E-state index contributed by atoms with van der Waals surface area (Å²) in [4.78, 5) is 23.5. The molecule has 0 bridgehead atoms. The quantitative estimate of drug-likeness (QED) is 0.861. The molecule has 0 saturated carbocycles. The van der Waals surface area contributed by atoms with Gasteiger partial charge in [-0.25, -0.2) is 14.0 Å². The number of fused-ring (bicyclic) bond motifs is 1. The van der Waals surface area contributed by atoms with Crippen LogP contribution in [-0.2, 0) is 9.47 Å². The first kappa shape index (κ1) is 16.8. The highest BCUT2D eigenvalue weighted by Gasteiger charge is 2.20. The van der Waals surface area contributed by atoms with Crippen molar-refractivity contribution in [3.8, 4) is 0 Å². The fraction of sp³-hybridized carbons (Fsp3) is 0.375. The topological polar surface area (TPSA) is 77.8 Å². The second-order valence-corrected chi connectivity index (χ2v) is 5.82. The zero-order valence-electron chi connectivity index (χ0n) is 13.4. The van der Waals surface area contributed by atoms with Crippen molar-refractivity contribution >= 4 is 28.7 Å². The Balaban J connectivity index is 2.35. The number of esters is 1. The number of halogens is 1. The van der Waals surface area contributed by atoms with E-state index in [2.05, 4.69) is 5.32 Å². The number of benzene rings is 1. The van der Waals surface area contributed by atoms with Gasteiger partial charge in [0.1, 0.15) is 17.0 Å². The molecule has 0 saturated heterocycles. The second kappa shape index (κ2) is 6.28. The summed E-state index contributed by atoms with van der Waals surface area (Å²) < 4.78 is 28.9. The molecule has 1 aromatic carbocycles. The van der Waals surface area contributed by atoms with E-state index in [0.717, 1.165) is 12.1 Å². The summed E-state index contributed by atoms with van der Waals surface area (Å²) in [5.74, 6) is -1.35. The van der Waals surface area contributed by atoms with Crippen molar-refractivity contribution in [2.24, 2.45) is 0 Å². The molecule has 0 aliphatic rings. The number of hydrogen-bond acceptors (Lipinski definition) is 5. The minimum Gasteiger partial charge on any atom is -0.460 e. The van der Waals surface area contributed by atoms with Gasteiger partial charge in [-0.3, -0.25) is 5.32 Å². The molecule has 2 aromatic rings. The van der Waals surface area contributed by atoms with Crippen LogP contribution in [-0.4, -0.2) is 24.3 Å². The summed E-state index contributed by atoms with van der Waals surface area (Å²) in [6.45, 7) is 6.99. The molecule has 1 aromatic heterocycles. The monoisotopic (exact) mass is 323 g/mol. The van der Waals surface area contributed by atoms with Crippen molar-refractivity contribution in [2.75, 3.05) is 11.9 Å². The standard InChI is InChI=1S/C16H18FNO5/c1-5-21-14(19)13-8-10-11(6-9(17)7-12(10)22-13)18-15(20)23-16(2,3)4/h6-8H,5H2,1-4H3,(H,18,20). The van der Waals surface area contributed by atoms with E-state index >= 15 is 0 Å². The van der Waals surface area contributed by atoms with Crippen LogP contribution in [0.2, 0.25) is 0 Å². The summed E-state index contributed by atoms with van der Waals surface area (Å²) in [5.41, 5.74) is -0.420. The molecule has 124 valence electrons. The van der Waals surface area contributed by atoms with Crippen LogP contribution in [0.25, 0.3) is 11.0 Å². The van der Waals surface area contributed by atoms with Gasteiger partial charge in [0.2, 0.25) is 5.76 Å². The number of ether oxygens (including phenoxy) is 2. The summed E-state index contributed by atoms with van der Waals surface area (Å²) in [5, 5.41) is 2.83. The molecule has 7 heteroatoms. The first-order chi connectivity index (χ1) is 10.7. The van der Waals surface area contributed by atoms with Crippen LogP contribution < -0.4 is 5.32 Å². The van der Waals surface area contributed by atoms with Crippen LogP contribution >= 0.6 is 0 Å². The highest BCUT2D eigenvalue weighted by atomic mass is 19.1. The Bertz CT molecular complexity index is 745. The van der Waals surface area contributed by atoms with E-state index in [1.54, 1.807) is 27.7 Å². The third kappa shape index (κ3) is 4.21. The minimum atomic E-state index is -0.733. The number of nitrogens with one attached hydrogen (secondary N) is 1. The summed E-state index contributed by atoms with van der Waals surface area (Å²) >= 11 is 0. The number of amides is 1. The Morgan fingerprint density at radius 3 is 2.57 bits per heavy atom. The zero-order valence-corrected chi connectivity index (χ0v) is 13.4. The van der Waals surface area contributed by atoms with Gasteiger partial charge in [-0.1, -0.05) is 0 Å². The maximum Gasteiger partial charge on any atom is 0.412 e. The van der Waals surface area contributed by atoms with Crippen LogP contribution in [0.3, 0.4) is 0 Å². The van der Waals surface area contributed by atoms with Crippen LogP contribution in [0.5, 0.6) is 0 Å². The van der Waals surface area contributed by atoms with Crippen LogP contribution in [0.1, 0.15) is 38.2 Å². The maximum absolute atomic E-state index is 13.7. The fourth-order valence-electron chi connectivity index (χ4n) is 1.93. The number of furan rings is 1. The fourth-order valence-corrected chi connectivity index (χ4v) is 1.93. The van der Waals surface area contributed by atoms with Crippen molar-refractivity contribution < 1.29 is 27.9 Å². The number of hydrogen-bond donors (Lipinski definition) is 1. The molecule has 1 amide bonds. The third-order valence-corrected chi connectivity index (χ3v) is 2.71. The molecule has 0 aliphatic carbocycles. The molecule has 0 unspecified atom stereocenters. The van der Waals surface area contributed by atoms with Gasteiger partial charge in [-0.05, 0) is 33.8 Å². The SMILES string of the molecule is CCOC(=O)c1cc2c(NC(=O)OC(C)(C)C)cc(F)cc2o1. The van der Waals surface area contributed by atoms with E-state index in [0.29, 0.717) is 5.39 Å². The molecule has 1 N–H and O–H groups in total. The van der Waals surface area contributed by atoms with E-state index in [-0.39, 0.29) is 23.6 Å². The molecule has 0 atom stereocenters. The van der Waals surface area contributed by atoms with Gasteiger partial charge in [0.15, 0.2) is 0 Å². The molecule has 2 rings (SSSR count). The molecule has 23 heavy (non-hydrogen) atoms. The first-order valence-corrected chi connectivity index (χ1v) is 7.10. The van der Waals surface area contributed by atoms with E-state index in [9.17, 15) is 14.0 Å². The number of carbonyl (C=O) groups excluding carboxylic acids is 2. The third-order valence-electron chi connectivity index (χ3n) is 2.71. The Hall–Kier alpha value is -2.57. The van der Waals surface area contributed by atoms with Crippen LogP contribution in [0.15, 0.2) is 22.6 Å².